The van der Waals surface area contributed by atoms with Crippen LogP contribution in [-0.4, -0.2) is 17.1 Å². The molecule has 1 aliphatic rings. The number of nitrogens with one attached hydrogen (secondary N) is 1. The first kappa shape index (κ1) is 14.0. The Kier molecular flexibility index (Phi) is 3.66. The van der Waals surface area contributed by atoms with Gasteiger partial charge in [-0.1, -0.05) is 35.9 Å². The third-order valence-electron chi connectivity index (χ3n) is 3.67. The zero-order valence-corrected chi connectivity index (χ0v) is 11.8. The molecule has 0 aliphatic heterocycles. The molecule has 0 saturated heterocycles. The van der Waals surface area contributed by atoms with Crippen molar-refractivity contribution >= 4 is 17.5 Å². The van der Waals surface area contributed by atoms with Crippen LogP contribution in [0.1, 0.15) is 27.5 Å². The number of fused-ring (bicyclic) bond motifs is 1. The van der Waals surface area contributed by atoms with Gasteiger partial charge in [0.15, 0.2) is 0 Å². The highest BCUT2D eigenvalue weighted by molar-refractivity contribution is 6.30. The Morgan fingerprint density at radius 1 is 1.29 bits per heavy atom. The van der Waals surface area contributed by atoms with Crippen molar-refractivity contribution in [3.8, 4) is 0 Å². The summed E-state index contributed by atoms with van der Waals surface area (Å²) in [7, 11) is 0. The van der Waals surface area contributed by atoms with Crippen LogP contribution in [-0.2, 0) is 6.42 Å². The lowest BCUT2D eigenvalue weighted by molar-refractivity contribution is 0.0858. The molecule has 0 spiro atoms. The summed E-state index contributed by atoms with van der Waals surface area (Å²) >= 11 is 5.60. The smallest absolute Gasteiger partial charge is 0.251 e. The highest BCUT2D eigenvalue weighted by atomic mass is 35.5. The first-order valence-corrected chi connectivity index (χ1v) is 6.96. The maximum atomic E-state index is 13.4. The van der Waals surface area contributed by atoms with Gasteiger partial charge in [-0.2, -0.15) is 0 Å². The van der Waals surface area contributed by atoms with Crippen molar-refractivity contribution in [3.05, 3.63) is 70.0 Å². The zero-order chi connectivity index (χ0) is 15.0. The normalized spacial score (nSPS) is 20.1. The van der Waals surface area contributed by atoms with Gasteiger partial charge in [-0.25, -0.2) is 4.39 Å². The van der Waals surface area contributed by atoms with Gasteiger partial charge in [0.1, 0.15) is 5.82 Å². The molecule has 2 aromatic carbocycles. The highest BCUT2D eigenvalue weighted by Gasteiger charge is 2.32. The number of aliphatic hydroxyl groups is 1. The van der Waals surface area contributed by atoms with E-state index in [2.05, 4.69) is 5.32 Å². The van der Waals surface area contributed by atoms with E-state index >= 15 is 0 Å². The van der Waals surface area contributed by atoms with Crippen LogP contribution in [0.3, 0.4) is 0 Å². The minimum Gasteiger partial charge on any atom is -0.390 e. The van der Waals surface area contributed by atoms with Crippen molar-refractivity contribution < 1.29 is 14.3 Å². The molecule has 0 unspecified atom stereocenters. The van der Waals surface area contributed by atoms with E-state index in [1.54, 1.807) is 0 Å². The molecule has 2 N–H and O–H groups in total. The van der Waals surface area contributed by atoms with Crippen molar-refractivity contribution in [1.82, 2.24) is 5.32 Å². The summed E-state index contributed by atoms with van der Waals surface area (Å²) < 4.78 is 13.4. The topological polar surface area (TPSA) is 49.3 Å². The molecule has 3 nitrogen and oxygen atoms in total. The summed E-state index contributed by atoms with van der Waals surface area (Å²) in [5.41, 5.74) is 2.08. The molecule has 0 aromatic heterocycles. The first-order valence-electron chi connectivity index (χ1n) is 6.58. The van der Waals surface area contributed by atoms with Gasteiger partial charge in [0.2, 0.25) is 0 Å². The summed E-state index contributed by atoms with van der Waals surface area (Å²) in [5, 5.41) is 12.8. The minimum absolute atomic E-state index is 0.0298. The van der Waals surface area contributed by atoms with Crippen molar-refractivity contribution in [1.29, 1.82) is 0 Å². The number of hydrogen-bond donors (Lipinski definition) is 2. The van der Waals surface area contributed by atoms with Crippen LogP contribution in [0.25, 0.3) is 0 Å². The molecular weight excluding hydrogens is 293 g/mol. The maximum Gasteiger partial charge on any atom is 0.251 e. The van der Waals surface area contributed by atoms with Gasteiger partial charge in [-0.15, -0.1) is 0 Å². The minimum atomic E-state index is -0.677. The molecule has 0 heterocycles. The van der Waals surface area contributed by atoms with Crippen LogP contribution in [0.4, 0.5) is 4.39 Å². The predicted molar refractivity (Wildman–Crippen MR) is 77.8 cm³/mol. The molecule has 0 bridgehead atoms. The Hall–Kier alpha value is -1.91. The molecular formula is C16H13ClFNO2. The number of rotatable bonds is 2. The van der Waals surface area contributed by atoms with Crippen molar-refractivity contribution in [2.75, 3.05) is 0 Å². The van der Waals surface area contributed by atoms with Crippen LogP contribution >= 0.6 is 11.6 Å². The number of benzene rings is 2. The standard InChI is InChI=1S/C16H13ClFNO2/c17-12-6-5-10(7-13(12)18)16(21)19-15-11-4-2-1-3-9(11)8-14(15)20/h1-7,14-15,20H,8H2,(H,19,21)/t14-,15+/m0/s1. The molecule has 2 aromatic rings. The Morgan fingerprint density at radius 3 is 2.81 bits per heavy atom. The van der Waals surface area contributed by atoms with Gasteiger partial charge in [0.05, 0.1) is 17.2 Å². The van der Waals surface area contributed by atoms with Crippen LogP contribution in [0.15, 0.2) is 42.5 Å². The Balaban J connectivity index is 1.83. The van der Waals surface area contributed by atoms with Crippen LogP contribution < -0.4 is 5.32 Å². The summed E-state index contributed by atoms with van der Waals surface area (Å²) in [4.78, 5) is 12.2. The number of aliphatic hydroxyl groups excluding tert-OH is 1. The van der Waals surface area contributed by atoms with Crippen molar-refractivity contribution in [3.63, 3.8) is 0 Å². The number of carbonyl (C=O) groups is 1. The molecule has 0 fully saturated rings. The molecule has 0 radical (unpaired) electrons. The molecule has 1 amide bonds. The van der Waals surface area contributed by atoms with Crippen LogP contribution in [0.2, 0.25) is 5.02 Å². The van der Waals surface area contributed by atoms with Gasteiger partial charge >= 0.3 is 0 Å². The van der Waals surface area contributed by atoms with E-state index in [0.29, 0.717) is 6.42 Å². The quantitative estimate of drug-likeness (QED) is 0.896. The molecule has 5 heteroatoms. The predicted octanol–water partition coefficient (Wildman–Crippen LogP) is 2.87. The number of halogens is 2. The van der Waals surface area contributed by atoms with Gasteiger partial charge < -0.3 is 10.4 Å². The number of carbonyl (C=O) groups excluding carboxylic acids is 1. The Bertz CT molecular complexity index is 704. The lowest BCUT2D eigenvalue weighted by atomic mass is 10.1. The van der Waals surface area contributed by atoms with Gasteiger partial charge in [-0.3, -0.25) is 4.79 Å². The second-order valence-corrected chi connectivity index (χ2v) is 5.46. The van der Waals surface area contributed by atoms with Crippen molar-refractivity contribution in [2.45, 2.75) is 18.6 Å². The fourth-order valence-electron chi connectivity index (χ4n) is 2.61. The van der Waals surface area contributed by atoms with Crippen LogP contribution in [0.5, 0.6) is 0 Å². The van der Waals surface area contributed by atoms with E-state index in [1.165, 1.54) is 12.1 Å². The number of amides is 1. The number of hydrogen-bond acceptors (Lipinski definition) is 2. The molecule has 108 valence electrons. The van der Waals surface area contributed by atoms with Crippen LogP contribution in [0, 0.1) is 5.82 Å². The van der Waals surface area contributed by atoms with Gasteiger partial charge in [0.25, 0.3) is 5.91 Å². The van der Waals surface area contributed by atoms with E-state index < -0.39 is 23.9 Å². The molecule has 21 heavy (non-hydrogen) atoms. The summed E-state index contributed by atoms with van der Waals surface area (Å²) in [6.45, 7) is 0. The monoisotopic (exact) mass is 305 g/mol. The first-order chi connectivity index (χ1) is 10.1. The molecule has 1 aliphatic carbocycles. The lowest BCUT2D eigenvalue weighted by Gasteiger charge is -2.18. The third kappa shape index (κ3) is 2.64. The van der Waals surface area contributed by atoms with Gasteiger partial charge in [0, 0.05) is 12.0 Å². The second kappa shape index (κ2) is 5.47. The largest absolute Gasteiger partial charge is 0.390 e. The average Bonchev–Trinajstić information content (AvgIpc) is 2.78. The summed E-state index contributed by atoms with van der Waals surface area (Å²) in [6, 6.07) is 10.9. The fourth-order valence-corrected chi connectivity index (χ4v) is 2.73. The average molecular weight is 306 g/mol. The van der Waals surface area contributed by atoms with E-state index in [-0.39, 0.29) is 10.6 Å². The lowest BCUT2D eigenvalue weighted by Crippen LogP contribution is -2.33. The van der Waals surface area contributed by atoms with E-state index in [4.69, 9.17) is 11.6 Å². The van der Waals surface area contributed by atoms with Gasteiger partial charge in [-0.05, 0) is 29.3 Å². The molecule has 2 atom stereocenters. The van der Waals surface area contributed by atoms with E-state index in [0.717, 1.165) is 17.2 Å². The van der Waals surface area contributed by atoms with Crippen molar-refractivity contribution in [2.24, 2.45) is 0 Å². The Labute approximate surface area is 126 Å². The molecule has 3 rings (SSSR count). The SMILES string of the molecule is O=C(N[C@@H]1c2ccccc2C[C@@H]1O)c1ccc(Cl)c(F)c1. The highest BCUT2D eigenvalue weighted by Crippen LogP contribution is 2.31. The van der Waals surface area contributed by atoms with E-state index in [9.17, 15) is 14.3 Å². The summed E-state index contributed by atoms with van der Waals surface area (Å²) in [6.07, 6.45) is -0.181. The zero-order valence-electron chi connectivity index (χ0n) is 11.0. The molecule has 0 saturated carbocycles. The summed E-state index contributed by atoms with van der Waals surface area (Å²) in [5.74, 6) is -1.08. The van der Waals surface area contributed by atoms with E-state index in [1.807, 2.05) is 24.3 Å². The Morgan fingerprint density at radius 2 is 2.05 bits per heavy atom. The fraction of sp³-hybridized carbons (Fsp3) is 0.188. The third-order valence-corrected chi connectivity index (χ3v) is 3.98. The second-order valence-electron chi connectivity index (χ2n) is 5.05. The maximum absolute atomic E-state index is 13.4.